The van der Waals surface area contributed by atoms with Crippen LogP contribution < -0.4 is 0 Å². The van der Waals surface area contributed by atoms with Crippen molar-refractivity contribution in [2.45, 2.75) is 33.6 Å². The van der Waals surface area contributed by atoms with Gasteiger partial charge in [0.1, 0.15) is 0 Å². The van der Waals surface area contributed by atoms with Gasteiger partial charge in [0.2, 0.25) is 0 Å². The standard InChI is InChI=1S/C9H15F/c1-4-9(5-2)7-6-8(3)10/h6-7H,4-5H2,1-3H3/b8-6+. The molecule has 0 radical (unpaired) electrons. The first-order valence-electron chi connectivity index (χ1n) is 3.72. The van der Waals surface area contributed by atoms with E-state index in [2.05, 4.69) is 13.8 Å². The Labute approximate surface area is 62.4 Å². The summed E-state index contributed by atoms with van der Waals surface area (Å²) in [5.41, 5.74) is 1.29. The third kappa shape index (κ3) is 4.30. The van der Waals surface area contributed by atoms with Crippen LogP contribution in [0.2, 0.25) is 0 Å². The predicted octanol–water partition coefficient (Wildman–Crippen LogP) is 3.61. The average Bonchev–Trinajstić information content (AvgIpc) is 1.90. The molecule has 0 rings (SSSR count). The van der Waals surface area contributed by atoms with Crippen LogP contribution in [0, 0.1) is 0 Å². The Morgan fingerprint density at radius 3 is 2.00 bits per heavy atom. The fourth-order valence-corrected chi connectivity index (χ4v) is 0.718. The molecule has 0 saturated heterocycles. The van der Waals surface area contributed by atoms with E-state index in [-0.39, 0.29) is 5.83 Å². The van der Waals surface area contributed by atoms with Crippen LogP contribution in [0.1, 0.15) is 33.6 Å². The van der Waals surface area contributed by atoms with Crippen molar-refractivity contribution in [1.29, 1.82) is 0 Å². The lowest BCUT2D eigenvalue weighted by Crippen LogP contribution is -1.74. The summed E-state index contributed by atoms with van der Waals surface area (Å²) < 4.78 is 12.2. The zero-order valence-corrected chi connectivity index (χ0v) is 6.95. The number of halogens is 1. The molecular weight excluding hydrogens is 127 g/mol. The Hall–Kier alpha value is -0.590. The van der Waals surface area contributed by atoms with Gasteiger partial charge in [-0.2, -0.15) is 0 Å². The minimum absolute atomic E-state index is 0.126. The molecule has 10 heavy (non-hydrogen) atoms. The van der Waals surface area contributed by atoms with Gasteiger partial charge in [-0.15, -0.1) is 0 Å². The fraction of sp³-hybridized carbons (Fsp3) is 0.556. The van der Waals surface area contributed by atoms with Crippen molar-refractivity contribution in [3.63, 3.8) is 0 Å². The van der Waals surface area contributed by atoms with Crippen LogP contribution in [0.4, 0.5) is 4.39 Å². The van der Waals surface area contributed by atoms with Gasteiger partial charge in [-0.1, -0.05) is 25.5 Å². The predicted molar refractivity (Wildman–Crippen MR) is 43.5 cm³/mol. The molecule has 0 saturated carbocycles. The van der Waals surface area contributed by atoms with Gasteiger partial charge in [-0.05, 0) is 25.8 Å². The van der Waals surface area contributed by atoms with Gasteiger partial charge in [0, 0.05) is 0 Å². The van der Waals surface area contributed by atoms with Gasteiger partial charge in [0.05, 0.1) is 5.83 Å². The van der Waals surface area contributed by atoms with Crippen LogP contribution in [0.5, 0.6) is 0 Å². The Morgan fingerprint density at radius 1 is 1.20 bits per heavy atom. The first-order chi connectivity index (χ1) is 4.70. The number of hydrogen-bond acceptors (Lipinski definition) is 0. The van der Waals surface area contributed by atoms with E-state index in [0.717, 1.165) is 12.8 Å². The second-order valence-electron chi connectivity index (χ2n) is 2.29. The van der Waals surface area contributed by atoms with Crippen molar-refractivity contribution in [3.05, 3.63) is 23.6 Å². The lowest BCUT2D eigenvalue weighted by Gasteiger charge is -1.95. The smallest absolute Gasteiger partial charge is 0.0968 e. The van der Waals surface area contributed by atoms with E-state index in [4.69, 9.17) is 0 Å². The maximum absolute atomic E-state index is 12.2. The van der Waals surface area contributed by atoms with E-state index in [1.54, 1.807) is 0 Å². The Morgan fingerprint density at radius 2 is 1.70 bits per heavy atom. The monoisotopic (exact) mass is 142 g/mol. The highest BCUT2D eigenvalue weighted by atomic mass is 19.1. The molecule has 0 nitrogen and oxygen atoms in total. The molecule has 0 N–H and O–H groups in total. The lowest BCUT2D eigenvalue weighted by molar-refractivity contribution is 0.640. The molecule has 58 valence electrons. The van der Waals surface area contributed by atoms with E-state index in [1.807, 2.05) is 6.08 Å². The summed E-state index contributed by atoms with van der Waals surface area (Å²) in [6.45, 7) is 5.62. The zero-order chi connectivity index (χ0) is 7.98. The molecule has 0 aliphatic rings. The number of hydrogen-bond donors (Lipinski definition) is 0. The van der Waals surface area contributed by atoms with Gasteiger partial charge in [-0.3, -0.25) is 0 Å². The van der Waals surface area contributed by atoms with Crippen LogP contribution >= 0.6 is 0 Å². The molecule has 0 heterocycles. The van der Waals surface area contributed by atoms with E-state index < -0.39 is 0 Å². The second-order valence-corrected chi connectivity index (χ2v) is 2.29. The topological polar surface area (TPSA) is 0 Å². The van der Waals surface area contributed by atoms with Gasteiger partial charge in [0.15, 0.2) is 0 Å². The quantitative estimate of drug-likeness (QED) is 0.528. The molecule has 0 aliphatic carbocycles. The molecule has 0 aromatic heterocycles. The molecule has 0 aromatic carbocycles. The lowest BCUT2D eigenvalue weighted by atomic mass is 10.1. The zero-order valence-electron chi connectivity index (χ0n) is 6.95. The molecule has 0 unspecified atom stereocenters. The highest BCUT2D eigenvalue weighted by molar-refractivity contribution is 5.13. The highest BCUT2D eigenvalue weighted by Crippen LogP contribution is 2.06. The van der Waals surface area contributed by atoms with Crippen molar-refractivity contribution in [2.24, 2.45) is 0 Å². The van der Waals surface area contributed by atoms with Crippen molar-refractivity contribution in [3.8, 4) is 0 Å². The summed E-state index contributed by atoms with van der Waals surface area (Å²) >= 11 is 0. The molecular formula is C9H15F. The summed E-state index contributed by atoms with van der Waals surface area (Å²) in [5.74, 6) is -0.126. The van der Waals surface area contributed by atoms with Crippen LogP contribution in [-0.2, 0) is 0 Å². The van der Waals surface area contributed by atoms with Crippen molar-refractivity contribution in [2.75, 3.05) is 0 Å². The van der Waals surface area contributed by atoms with Crippen LogP contribution in [-0.4, -0.2) is 0 Å². The Kier molecular flexibility index (Phi) is 4.91. The van der Waals surface area contributed by atoms with Crippen molar-refractivity contribution >= 4 is 0 Å². The largest absolute Gasteiger partial charge is 0.212 e. The van der Waals surface area contributed by atoms with Crippen LogP contribution in [0.15, 0.2) is 23.6 Å². The SMILES string of the molecule is CCC(=C/C=C(\C)F)CC. The third-order valence-electron chi connectivity index (χ3n) is 1.46. The minimum Gasteiger partial charge on any atom is -0.212 e. The van der Waals surface area contributed by atoms with E-state index >= 15 is 0 Å². The van der Waals surface area contributed by atoms with Gasteiger partial charge >= 0.3 is 0 Å². The summed E-state index contributed by atoms with van der Waals surface area (Å²) in [7, 11) is 0. The average molecular weight is 142 g/mol. The first-order valence-corrected chi connectivity index (χ1v) is 3.72. The number of rotatable bonds is 3. The summed E-state index contributed by atoms with van der Waals surface area (Å²) in [6, 6.07) is 0. The molecule has 0 bridgehead atoms. The fourth-order valence-electron chi connectivity index (χ4n) is 0.718. The molecule has 1 heteroatoms. The normalized spacial score (nSPS) is 11.4. The van der Waals surface area contributed by atoms with E-state index in [1.165, 1.54) is 18.6 Å². The Bertz CT molecular complexity index is 133. The maximum Gasteiger partial charge on any atom is 0.0968 e. The molecule has 0 spiro atoms. The summed E-state index contributed by atoms with van der Waals surface area (Å²) in [6.07, 6.45) is 5.40. The van der Waals surface area contributed by atoms with E-state index in [0.29, 0.717) is 0 Å². The van der Waals surface area contributed by atoms with Crippen LogP contribution in [0.25, 0.3) is 0 Å². The third-order valence-corrected chi connectivity index (χ3v) is 1.46. The van der Waals surface area contributed by atoms with E-state index in [9.17, 15) is 4.39 Å². The maximum atomic E-state index is 12.2. The van der Waals surface area contributed by atoms with Crippen molar-refractivity contribution < 1.29 is 4.39 Å². The molecule has 0 atom stereocenters. The summed E-state index contributed by atoms with van der Waals surface area (Å²) in [4.78, 5) is 0. The molecule has 0 amide bonds. The van der Waals surface area contributed by atoms with Crippen molar-refractivity contribution in [1.82, 2.24) is 0 Å². The first kappa shape index (κ1) is 9.41. The summed E-state index contributed by atoms with van der Waals surface area (Å²) in [5, 5.41) is 0. The number of allylic oxidation sites excluding steroid dienone is 4. The van der Waals surface area contributed by atoms with Gasteiger partial charge in [-0.25, -0.2) is 4.39 Å². The molecule has 0 fully saturated rings. The minimum atomic E-state index is -0.126. The Balaban J connectivity index is 3.99. The second kappa shape index (κ2) is 5.21. The van der Waals surface area contributed by atoms with Crippen LogP contribution in [0.3, 0.4) is 0 Å². The van der Waals surface area contributed by atoms with Gasteiger partial charge < -0.3 is 0 Å². The highest BCUT2D eigenvalue weighted by Gasteiger charge is 1.86. The molecule has 0 aliphatic heterocycles. The van der Waals surface area contributed by atoms with Gasteiger partial charge in [0.25, 0.3) is 0 Å². The molecule has 0 aromatic rings.